The van der Waals surface area contributed by atoms with Crippen LogP contribution in [0.5, 0.6) is 0 Å². The molecule has 1 atom stereocenters. The van der Waals surface area contributed by atoms with Gasteiger partial charge in [0.05, 0.1) is 23.8 Å². The minimum atomic E-state index is -0.507. The molecule has 1 saturated heterocycles. The van der Waals surface area contributed by atoms with E-state index in [9.17, 15) is 4.39 Å². The average molecular weight is 386 g/mol. The van der Waals surface area contributed by atoms with E-state index >= 15 is 0 Å². The molecular formula is C18H17ClFN7. The summed E-state index contributed by atoms with van der Waals surface area (Å²) in [6.07, 6.45) is 6.30. The number of rotatable bonds is 4. The Kier molecular flexibility index (Phi) is 4.88. The van der Waals surface area contributed by atoms with Crippen molar-refractivity contribution in [3.05, 3.63) is 35.5 Å². The van der Waals surface area contributed by atoms with Gasteiger partial charge >= 0.3 is 0 Å². The number of nitrogens with one attached hydrogen (secondary N) is 2. The highest BCUT2D eigenvalue weighted by atomic mass is 35.5. The fourth-order valence-electron chi connectivity index (χ4n) is 3.37. The number of nitrogens with zero attached hydrogens (tertiary/aromatic N) is 5. The Morgan fingerprint density at radius 2 is 2.30 bits per heavy atom. The van der Waals surface area contributed by atoms with Crippen LogP contribution >= 0.6 is 11.6 Å². The van der Waals surface area contributed by atoms with Gasteiger partial charge in [0.15, 0.2) is 17.5 Å². The summed E-state index contributed by atoms with van der Waals surface area (Å²) in [7, 11) is 0. The Bertz CT molecular complexity index is 1010. The maximum absolute atomic E-state index is 14.3. The van der Waals surface area contributed by atoms with Gasteiger partial charge in [0.25, 0.3) is 0 Å². The molecule has 0 saturated carbocycles. The van der Waals surface area contributed by atoms with E-state index in [1.165, 1.54) is 0 Å². The normalized spacial score (nSPS) is 17.7. The average Bonchev–Trinajstić information content (AvgIpc) is 3.07. The van der Waals surface area contributed by atoms with Crippen molar-refractivity contribution in [1.29, 1.82) is 5.26 Å². The zero-order valence-corrected chi connectivity index (χ0v) is 15.2. The summed E-state index contributed by atoms with van der Waals surface area (Å²) in [5.74, 6) is 0.0409. The third kappa shape index (κ3) is 3.70. The van der Waals surface area contributed by atoms with E-state index < -0.39 is 5.82 Å². The SMILES string of the molecule is N#CCN1CCC[C@H](Nc2nc(-c3c[nH]c4ncc(Cl)cc34)ncc2F)C1. The van der Waals surface area contributed by atoms with Gasteiger partial charge in [-0.15, -0.1) is 0 Å². The monoisotopic (exact) mass is 385 g/mol. The lowest BCUT2D eigenvalue weighted by atomic mass is 10.1. The number of hydrogen-bond acceptors (Lipinski definition) is 6. The number of hydrogen-bond donors (Lipinski definition) is 2. The molecule has 3 aromatic heterocycles. The molecule has 1 aliphatic rings. The van der Waals surface area contributed by atoms with Crippen LogP contribution in [0.25, 0.3) is 22.4 Å². The maximum atomic E-state index is 14.3. The molecule has 1 fully saturated rings. The number of aromatic nitrogens is 4. The summed E-state index contributed by atoms with van der Waals surface area (Å²) in [4.78, 5) is 17.8. The van der Waals surface area contributed by atoms with Crippen LogP contribution in [0.3, 0.4) is 0 Å². The molecule has 0 aliphatic carbocycles. The summed E-state index contributed by atoms with van der Waals surface area (Å²) in [6.45, 7) is 1.93. The predicted molar refractivity (Wildman–Crippen MR) is 101 cm³/mol. The number of likely N-dealkylation sites (tertiary alicyclic amines) is 1. The minimum Gasteiger partial charge on any atom is -0.363 e. The Morgan fingerprint density at radius 1 is 1.41 bits per heavy atom. The zero-order chi connectivity index (χ0) is 18.8. The van der Waals surface area contributed by atoms with E-state index in [1.54, 1.807) is 18.5 Å². The van der Waals surface area contributed by atoms with Crippen LogP contribution in [0.2, 0.25) is 5.02 Å². The molecule has 1 aliphatic heterocycles. The van der Waals surface area contributed by atoms with Gasteiger partial charge in [-0.2, -0.15) is 5.26 Å². The van der Waals surface area contributed by atoms with E-state index in [2.05, 4.69) is 36.2 Å². The minimum absolute atomic E-state index is 0.0310. The van der Waals surface area contributed by atoms with Crippen LogP contribution in [-0.4, -0.2) is 50.5 Å². The van der Waals surface area contributed by atoms with E-state index in [1.807, 2.05) is 0 Å². The fourth-order valence-corrected chi connectivity index (χ4v) is 3.53. The first-order valence-corrected chi connectivity index (χ1v) is 9.03. The molecule has 0 amide bonds. The standard InChI is InChI=1S/C18H17ClFN7/c19-11-6-13-14(8-23-16(13)22-7-11)17-24-9-15(20)18(26-17)25-12-2-1-4-27(10-12)5-3-21/h6-9,12H,1-2,4-5,10H2,(H,22,23)(H,24,25,26)/t12-/m0/s1. The molecule has 2 N–H and O–H groups in total. The van der Waals surface area contributed by atoms with Crippen LogP contribution in [-0.2, 0) is 0 Å². The Hall–Kier alpha value is -2.76. The van der Waals surface area contributed by atoms with Crippen molar-refractivity contribution in [3.63, 3.8) is 0 Å². The predicted octanol–water partition coefficient (Wildman–Crippen LogP) is 3.21. The zero-order valence-electron chi connectivity index (χ0n) is 14.4. The van der Waals surface area contributed by atoms with Crippen molar-refractivity contribution >= 4 is 28.5 Å². The molecule has 0 aromatic carbocycles. The van der Waals surface area contributed by atoms with Crippen molar-refractivity contribution in [2.24, 2.45) is 0 Å². The van der Waals surface area contributed by atoms with Gasteiger partial charge in [-0.1, -0.05) is 11.6 Å². The van der Waals surface area contributed by atoms with Crippen molar-refractivity contribution in [3.8, 4) is 17.5 Å². The molecule has 3 aromatic rings. The smallest absolute Gasteiger partial charge is 0.183 e. The molecule has 0 spiro atoms. The molecule has 138 valence electrons. The van der Waals surface area contributed by atoms with E-state index in [4.69, 9.17) is 16.9 Å². The summed E-state index contributed by atoms with van der Waals surface area (Å²) in [5.41, 5.74) is 1.37. The van der Waals surface area contributed by atoms with E-state index in [-0.39, 0.29) is 11.9 Å². The Morgan fingerprint density at radius 3 is 3.15 bits per heavy atom. The Labute approximate surface area is 160 Å². The highest BCUT2D eigenvalue weighted by molar-refractivity contribution is 6.31. The second-order valence-electron chi connectivity index (χ2n) is 6.52. The van der Waals surface area contributed by atoms with Crippen molar-refractivity contribution in [2.75, 3.05) is 25.0 Å². The largest absolute Gasteiger partial charge is 0.363 e. The first-order chi connectivity index (χ1) is 13.1. The summed E-state index contributed by atoms with van der Waals surface area (Å²) in [6, 6.07) is 3.97. The van der Waals surface area contributed by atoms with E-state index in [0.29, 0.717) is 35.1 Å². The summed E-state index contributed by atoms with van der Waals surface area (Å²) < 4.78 is 14.3. The number of piperidine rings is 1. The molecule has 27 heavy (non-hydrogen) atoms. The van der Waals surface area contributed by atoms with Gasteiger partial charge in [-0.05, 0) is 25.5 Å². The maximum Gasteiger partial charge on any atom is 0.183 e. The quantitative estimate of drug-likeness (QED) is 0.670. The first kappa shape index (κ1) is 17.6. The van der Waals surface area contributed by atoms with Gasteiger partial charge in [-0.3, -0.25) is 4.90 Å². The van der Waals surface area contributed by atoms with Gasteiger partial charge in [0.1, 0.15) is 5.65 Å². The number of pyridine rings is 1. The van der Waals surface area contributed by atoms with Crippen LogP contribution < -0.4 is 5.32 Å². The number of nitriles is 1. The number of H-pyrrole nitrogens is 1. The third-order valence-electron chi connectivity index (χ3n) is 4.62. The summed E-state index contributed by atoms with van der Waals surface area (Å²) >= 11 is 6.04. The van der Waals surface area contributed by atoms with Gasteiger partial charge in [0.2, 0.25) is 0 Å². The van der Waals surface area contributed by atoms with Crippen molar-refractivity contribution < 1.29 is 4.39 Å². The molecule has 7 nitrogen and oxygen atoms in total. The lowest BCUT2D eigenvalue weighted by molar-refractivity contribution is 0.239. The topological polar surface area (TPSA) is 93.5 Å². The molecular weight excluding hydrogens is 369 g/mol. The molecule has 4 rings (SSSR count). The second-order valence-corrected chi connectivity index (χ2v) is 6.96. The van der Waals surface area contributed by atoms with Crippen molar-refractivity contribution in [1.82, 2.24) is 24.8 Å². The lowest BCUT2D eigenvalue weighted by Gasteiger charge is -2.31. The number of anilines is 1. The summed E-state index contributed by atoms with van der Waals surface area (Å²) in [5, 5.41) is 13.3. The highest BCUT2D eigenvalue weighted by Crippen LogP contribution is 2.28. The first-order valence-electron chi connectivity index (χ1n) is 8.65. The highest BCUT2D eigenvalue weighted by Gasteiger charge is 2.22. The van der Waals surface area contributed by atoms with Gasteiger partial charge in [0, 0.05) is 35.9 Å². The van der Waals surface area contributed by atoms with Crippen molar-refractivity contribution in [2.45, 2.75) is 18.9 Å². The van der Waals surface area contributed by atoms with Crippen LogP contribution in [0.15, 0.2) is 24.7 Å². The molecule has 0 bridgehead atoms. The van der Waals surface area contributed by atoms with Gasteiger partial charge in [-0.25, -0.2) is 19.3 Å². The number of fused-ring (bicyclic) bond motifs is 1. The lowest BCUT2D eigenvalue weighted by Crippen LogP contribution is -2.42. The fraction of sp³-hybridized carbons (Fsp3) is 0.333. The molecule has 0 radical (unpaired) electrons. The molecule has 0 unspecified atom stereocenters. The van der Waals surface area contributed by atoms with Crippen LogP contribution in [0.4, 0.5) is 10.2 Å². The molecule has 9 heteroatoms. The van der Waals surface area contributed by atoms with Crippen LogP contribution in [0.1, 0.15) is 12.8 Å². The second kappa shape index (κ2) is 7.47. The number of halogens is 2. The van der Waals surface area contributed by atoms with E-state index in [0.717, 1.165) is 31.0 Å². The third-order valence-corrected chi connectivity index (χ3v) is 4.83. The Balaban J connectivity index is 1.61. The van der Waals surface area contributed by atoms with Gasteiger partial charge < -0.3 is 10.3 Å². The van der Waals surface area contributed by atoms with Crippen LogP contribution in [0, 0.1) is 17.1 Å². The molecule has 4 heterocycles. The number of aromatic amines is 1.